The van der Waals surface area contributed by atoms with Crippen molar-refractivity contribution < 1.29 is 18.0 Å². The number of piperidine rings is 1. The van der Waals surface area contributed by atoms with Gasteiger partial charge in [0, 0.05) is 55.5 Å². The Morgan fingerprint density at radius 2 is 1.59 bits per heavy atom. The van der Waals surface area contributed by atoms with E-state index >= 15 is 0 Å². The van der Waals surface area contributed by atoms with Crippen LogP contribution in [-0.2, 0) is 14.8 Å². The van der Waals surface area contributed by atoms with Gasteiger partial charge in [-0.2, -0.15) is 4.31 Å². The van der Waals surface area contributed by atoms with Gasteiger partial charge >= 0.3 is 0 Å². The highest BCUT2D eigenvalue weighted by molar-refractivity contribution is 7.89. The molecule has 8 nitrogen and oxygen atoms in total. The molecular weight excluding hydrogens is 476 g/mol. The second-order valence-corrected chi connectivity index (χ2v) is 11.2. The van der Waals surface area contributed by atoms with Gasteiger partial charge in [-0.1, -0.05) is 11.6 Å². The largest absolute Gasteiger partial charge is 0.336 e. The molecule has 2 aromatic carbocycles. The quantitative estimate of drug-likeness (QED) is 0.676. The first-order valence-electron chi connectivity index (χ1n) is 11.4. The maximum atomic E-state index is 13.0. The average Bonchev–Trinajstić information content (AvgIpc) is 2.85. The summed E-state index contributed by atoms with van der Waals surface area (Å²) in [4.78, 5) is 29.8. The van der Waals surface area contributed by atoms with Crippen molar-refractivity contribution in [3.8, 4) is 0 Å². The van der Waals surface area contributed by atoms with Gasteiger partial charge in [0.05, 0.1) is 10.8 Å². The van der Waals surface area contributed by atoms with Crippen molar-refractivity contribution in [2.24, 2.45) is 5.92 Å². The van der Waals surface area contributed by atoms with Crippen LogP contribution in [0.1, 0.15) is 23.2 Å². The number of anilines is 1. The minimum atomic E-state index is -3.70. The molecule has 1 N–H and O–H groups in total. The van der Waals surface area contributed by atoms with Gasteiger partial charge in [-0.3, -0.25) is 9.59 Å². The van der Waals surface area contributed by atoms with Crippen molar-refractivity contribution in [3.05, 3.63) is 59.1 Å². The van der Waals surface area contributed by atoms with E-state index in [4.69, 9.17) is 11.6 Å². The first-order valence-corrected chi connectivity index (χ1v) is 13.2. The summed E-state index contributed by atoms with van der Waals surface area (Å²) in [5.74, 6) is -0.696. The maximum absolute atomic E-state index is 13.0. The SMILES string of the molecule is CN1CCN(C(=O)c2ccc(NC(=O)C3CCCN(S(=O)(=O)c4ccc(Cl)cc4)C3)cc2)CC1. The molecule has 1 atom stereocenters. The number of likely N-dealkylation sites (N-methyl/N-ethyl adjacent to an activating group) is 1. The maximum Gasteiger partial charge on any atom is 0.253 e. The lowest BCUT2D eigenvalue weighted by Crippen LogP contribution is -2.47. The monoisotopic (exact) mass is 504 g/mol. The third-order valence-electron chi connectivity index (χ3n) is 6.40. The van der Waals surface area contributed by atoms with Crippen LogP contribution in [0.3, 0.4) is 0 Å². The van der Waals surface area contributed by atoms with E-state index in [0.717, 1.165) is 13.1 Å². The number of amides is 2. The van der Waals surface area contributed by atoms with Crippen LogP contribution in [0.15, 0.2) is 53.4 Å². The molecular formula is C24H29ClN4O4S. The normalized spacial score (nSPS) is 20.2. The van der Waals surface area contributed by atoms with E-state index in [9.17, 15) is 18.0 Å². The highest BCUT2D eigenvalue weighted by Crippen LogP contribution is 2.26. The van der Waals surface area contributed by atoms with E-state index in [1.807, 2.05) is 11.9 Å². The molecule has 182 valence electrons. The van der Waals surface area contributed by atoms with Gasteiger partial charge in [0.15, 0.2) is 0 Å². The van der Waals surface area contributed by atoms with Crippen molar-refractivity contribution in [2.75, 3.05) is 51.6 Å². The Bertz CT molecular complexity index is 1130. The first-order chi connectivity index (χ1) is 16.2. The number of nitrogens with zero attached hydrogens (tertiary/aromatic N) is 3. The Hall–Kier alpha value is -2.46. The fourth-order valence-electron chi connectivity index (χ4n) is 4.26. The molecule has 2 heterocycles. The fraction of sp³-hybridized carbons (Fsp3) is 0.417. The van der Waals surface area contributed by atoms with E-state index in [1.165, 1.54) is 16.4 Å². The Labute approximate surface area is 205 Å². The van der Waals surface area contributed by atoms with Crippen LogP contribution < -0.4 is 5.32 Å². The summed E-state index contributed by atoms with van der Waals surface area (Å²) in [5.41, 5.74) is 1.16. The number of benzene rings is 2. The lowest BCUT2D eigenvalue weighted by atomic mass is 9.98. The lowest BCUT2D eigenvalue weighted by molar-refractivity contribution is -0.120. The summed E-state index contributed by atoms with van der Waals surface area (Å²) in [5, 5.41) is 3.34. The Balaban J connectivity index is 1.37. The molecule has 0 aliphatic carbocycles. The number of sulfonamides is 1. The third-order valence-corrected chi connectivity index (χ3v) is 8.53. The number of piperazine rings is 1. The summed E-state index contributed by atoms with van der Waals surface area (Å²) in [6.07, 6.45) is 1.21. The summed E-state index contributed by atoms with van der Waals surface area (Å²) in [6.45, 7) is 3.60. The van der Waals surface area contributed by atoms with Crippen LogP contribution in [0.25, 0.3) is 0 Å². The highest BCUT2D eigenvalue weighted by atomic mass is 35.5. The second-order valence-electron chi connectivity index (χ2n) is 8.82. The van der Waals surface area contributed by atoms with Gasteiger partial charge in [0.1, 0.15) is 0 Å². The van der Waals surface area contributed by atoms with Crippen LogP contribution in [-0.4, -0.2) is 80.7 Å². The van der Waals surface area contributed by atoms with Gasteiger partial charge in [0.2, 0.25) is 15.9 Å². The predicted molar refractivity (Wildman–Crippen MR) is 131 cm³/mol. The molecule has 0 bridgehead atoms. The van der Waals surface area contributed by atoms with Crippen LogP contribution in [0.4, 0.5) is 5.69 Å². The minimum absolute atomic E-state index is 0.0127. The van der Waals surface area contributed by atoms with Crippen LogP contribution in [0.5, 0.6) is 0 Å². The Kier molecular flexibility index (Phi) is 7.57. The Morgan fingerprint density at radius 3 is 2.24 bits per heavy atom. The highest BCUT2D eigenvalue weighted by Gasteiger charge is 2.33. The molecule has 10 heteroatoms. The van der Waals surface area contributed by atoms with Gasteiger partial charge in [0.25, 0.3) is 5.91 Å². The molecule has 1 unspecified atom stereocenters. The van der Waals surface area contributed by atoms with Crippen molar-refractivity contribution >= 4 is 39.1 Å². The van der Waals surface area contributed by atoms with Crippen molar-refractivity contribution in [3.63, 3.8) is 0 Å². The van der Waals surface area contributed by atoms with E-state index in [0.29, 0.717) is 48.7 Å². The molecule has 2 saturated heterocycles. The number of hydrogen-bond acceptors (Lipinski definition) is 5. The molecule has 34 heavy (non-hydrogen) atoms. The molecule has 2 aromatic rings. The van der Waals surface area contributed by atoms with Gasteiger partial charge < -0.3 is 15.1 Å². The lowest BCUT2D eigenvalue weighted by Gasteiger charge is -2.32. The smallest absolute Gasteiger partial charge is 0.253 e. The van der Waals surface area contributed by atoms with Gasteiger partial charge in [-0.15, -0.1) is 0 Å². The molecule has 2 amide bonds. The minimum Gasteiger partial charge on any atom is -0.336 e. The van der Waals surface area contributed by atoms with E-state index in [2.05, 4.69) is 10.2 Å². The van der Waals surface area contributed by atoms with E-state index < -0.39 is 15.9 Å². The number of nitrogens with one attached hydrogen (secondary N) is 1. The topological polar surface area (TPSA) is 90.0 Å². The number of carbonyl (C=O) groups excluding carboxylic acids is 2. The molecule has 2 aliphatic rings. The van der Waals surface area contributed by atoms with E-state index in [1.54, 1.807) is 36.4 Å². The van der Waals surface area contributed by atoms with Crippen LogP contribution >= 0.6 is 11.6 Å². The zero-order chi connectivity index (χ0) is 24.3. The standard InChI is InChI=1S/C24H29ClN4O4S/c1-27-13-15-28(16-14-27)24(31)18-4-8-21(9-5-18)26-23(30)19-3-2-12-29(17-19)34(32,33)22-10-6-20(25)7-11-22/h4-11,19H,2-3,12-17H2,1H3,(H,26,30). The van der Waals surface area contributed by atoms with Crippen LogP contribution in [0.2, 0.25) is 5.02 Å². The molecule has 0 radical (unpaired) electrons. The zero-order valence-electron chi connectivity index (χ0n) is 19.1. The summed E-state index contributed by atoms with van der Waals surface area (Å²) < 4.78 is 27.3. The molecule has 0 spiro atoms. The number of rotatable bonds is 5. The fourth-order valence-corrected chi connectivity index (χ4v) is 5.91. The number of halogens is 1. The number of carbonyl (C=O) groups is 2. The predicted octanol–water partition coefficient (Wildman–Crippen LogP) is 2.77. The van der Waals surface area contributed by atoms with E-state index in [-0.39, 0.29) is 23.3 Å². The first kappa shape index (κ1) is 24.7. The zero-order valence-corrected chi connectivity index (χ0v) is 20.7. The average molecular weight is 505 g/mol. The number of hydrogen-bond donors (Lipinski definition) is 1. The summed E-state index contributed by atoms with van der Waals surface area (Å²) in [7, 11) is -1.66. The summed E-state index contributed by atoms with van der Waals surface area (Å²) in [6, 6.07) is 12.9. The van der Waals surface area contributed by atoms with Crippen molar-refractivity contribution in [1.29, 1.82) is 0 Å². The molecule has 0 aromatic heterocycles. The second kappa shape index (κ2) is 10.4. The Morgan fingerprint density at radius 1 is 0.941 bits per heavy atom. The molecule has 2 aliphatic heterocycles. The van der Waals surface area contributed by atoms with Crippen LogP contribution in [0, 0.1) is 5.92 Å². The van der Waals surface area contributed by atoms with Gasteiger partial charge in [-0.25, -0.2) is 8.42 Å². The van der Waals surface area contributed by atoms with Crippen molar-refractivity contribution in [2.45, 2.75) is 17.7 Å². The third kappa shape index (κ3) is 5.60. The van der Waals surface area contributed by atoms with Crippen molar-refractivity contribution in [1.82, 2.24) is 14.1 Å². The van der Waals surface area contributed by atoms with Gasteiger partial charge in [-0.05, 0) is 68.4 Å². The summed E-state index contributed by atoms with van der Waals surface area (Å²) >= 11 is 5.88. The molecule has 0 saturated carbocycles. The molecule has 2 fully saturated rings. The molecule has 4 rings (SSSR count).